The summed E-state index contributed by atoms with van der Waals surface area (Å²) >= 11 is 0. The molecular weight excluding hydrogens is 1550 g/mol. The summed E-state index contributed by atoms with van der Waals surface area (Å²) in [6, 6.07) is -15.8. The van der Waals surface area contributed by atoms with Crippen molar-refractivity contribution in [3.8, 4) is 0 Å². The number of rotatable bonds is 37. The van der Waals surface area contributed by atoms with Crippen molar-refractivity contribution in [2.24, 2.45) is 35.0 Å². The Labute approximate surface area is 672 Å². The van der Waals surface area contributed by atoms with E-state index in [1.807, 2.05) is 10.6 Å². The number of aromatic nitrogens is 1. The summed E-state index contributed by atoms with van der Waals surface area (Å²) in [6.07, 6.45) is -6.11. The molecule has 1 aromatic carbocycles. The number of para-hydroxylation sites is 1. The van der Waals surface area contributed by atoms with Crippen LogP contribution in [0.25, 0.3) is 10.9 Å². The van der Waals surface area contributed by atoms with Gasteiger partial charge in [0.25, 0.3) is 0 Å². The maximum Gasteiger partial charge on any atom is 0.335 e. The van der Waals surface area contributed by atoms with Crippen molar-refractivity contribution in [2.45, 2.75) is 236 Å². The number of nitrogens with two attached hydrogens (primary N) is 3. The number of likely N-dealkylation sites (N-methyl/N-ethyl adjacent to an activating group) is 1. The monoisotopic (exact) mass is 1660 g/mol. The van der Waals surface area contributed by atoms with Crippen molar-refractivity contribution < 1.29 is 131 Å². The van der Waals surface area contributed by atoms with Crippen LogP contribution in [0.4, 0.5) is 0 Å². The van der Waals surface area contributed by atoms with Crippen molar-refractivity contribution in [3.05, 3.63) is 36.0 Å². The maximum absolute atomic E-state index is 15.0. The fourth-order valence-electron chi connectivity index (χ4n) is 12.1. The Morgan fingerprint density at radius 1 is 0.632 bits per heavy atom. The zero-order chi connectivity index (χ0) is 88.2. The molecule has 3 rings (SSSR count). The zero-order valence-electron chi connectivity index (χ0n) is 66.5. The molecule has 0 radical (unpaired) electrons. The molecule has 1 fully saturated rings. The van der Waals surface area contributed by atoms with Gasteiger partial charge in [-0.1, -0.05) is 84.9 Å². The van der Waals surface area contributed by atoms with Crippen LogP contribution in [0.15, 0.2) is 30.5 Å². The van der Waals surface area contributed by atoms with Crippen molar-refractivity contribution in [3.63, 3.8) is 0 Å². The largest absolute Gasteiger partial charge is 0.481 e. The summed E-state index contributed by atoms with van der Waals surface area (Å²) in [5.74, 6) is -30.6. The van der Waals surface area contributed by atoms with Gasteiger partial charge in [-0.3, -0.25) is 86.3 Å². The van der Waals surface area contributed by atoms with E-state index in [1.54, 1.807) is 30.5 Å². The van der Waals surface area contributed by atoms with Gasteiger partial charge in [0, 0.05) is 50.5 Å². The average molecular weight is 1660 g/mol. The first-order valence-electron chi connectivity index (χ1n) is 37.9. The molecule has 24 N–H and O–H groups in total. The highest BCUT2D eigenvalue weighted by molar-refractivity contribution is 6.03. The number of carbonyl (C=O) groups is 20. The minimum absolute atomic E-state index is 0.00421. The van der Waals surface area contributed by atoms with Gasteiger partial charge in [-0.25, -0.2) is 9.59 Å². The van der Waals surface area contributed by atoms with Crippen molar-refractivity contribution in [2.75, 3.05) is 33.8 Å². The molecule has 5 unspecified atom stereocenters. The van der Waals surface area contributed by atoms with Crippen molar-refractivity contribution >= 4 is 129 Å². The van der Waals surface area contributed by atoms with Gasteiger partial charge in [-0.15, -0.1) is 0 Å². The zero-order valence-corrected chi connectivity index (χ0v) is 66.5. The predicted octanol–water partition coefficient (Wildman–Crippen LogP) is -5.97. The van der Waals surface area contributed by atoms with E-state index in [4.69, 9.17) is 26.7 Å². The molecule has 0 bridgehead atoms. The Bertz CT molecular complexity index is 3890. The molecule has 2 heterocycles. The number of aromatic amines is 1. The number of nitrogens with one attached hydrogen (secondary N) is 13. The number of fused-ring (bicyclic) bond motifs is 1. The molecule has 1 aliphatic rings. The second kappa shape index (κ2) is 49.1. The molecule has 0 aliphatic carbocycles. The number of carbonyl (C=O) groups excluding carboxylic acids is 16. The van der Waals surface area contributed by atoms with E-state index in [9.17, 15) is 121 Å². The van der Waals surface area contributed by atoms with Gasteiger partial charge in [-0.05, 0) is 81.9 Å². The van der Waals surface area contributed by atoms with E-state index < -0.39 is 260 Å². The highest BCUT2D eigenvalue weighted by Crippen LogP contribution is 2.22. The minimum Gasteiger partial charge on any atom is -0.481 e. The Hall–Kier alpha value is -12.0. The topological polar surface area (TPSA) is 702 Å². The van der Waals surface area contributed by atoms with Gasteiger partial charge in [0.15, 0.2) is 12.2 Å². The number of ether oxygens (including phenoxy) is 2. The van der Waals surface area contributed by atoms with Gasteiger partial charge < -0.3 is 126 Å². The first-order valence-corrected chi connectivity index (χ1v) is 37.9. The summed E-state index contributed by atoms with van der Waals surface area (Å²) in [5, 5.41) is 78.2. The number of H-pyrrole nitrogens is 1. The van der Waals surface area contributed by atoms with Crippen LogP contribution in [0.2, 0.25) is 0 Å². The standard InChI is InChI=1S/C73H111N17O27/c1-10-35(4)19-13-11-12-14-23-48(92)80-44(28-39-31-77-41-21-16-15-20-40(39)41)65(106)83-43(24-25-51(95)96)64(105)88-57(59(101)61(76)102)70(111)87-56-38(7)117-73(115)54(34(2)3)85-69(110)55(36(5)27-52(97)98)86-67(108)45(29-47(75)91)81-49(93)32-78-68(109)58(60(116-9)72(113)114)89-63(104)42(22-17-18-26-74)82-66(107)46(30-53(99)100)84-62(103)37(6)79-50(94)33-90(8)71(56)112/h15-16,20-21,31,34-38,42-46,54-60,77,101H,10-14,17-19,22-30,32-33,74H2,1-9H3,(H2,75,91)(H2,76,102)(H,78,109)(H,79,94)(H,80,92)(H,81,93)(H,82,107)(H,83,106)(H,84,103)(H,85,110)(H,86,108)(H,87,111)(H,88,105)(H,89,104)(H,95,96)(H,97,98)(H,99,100)(H,113,114)/t35?,36-,37+,38?,42-,43-,44+,45-,46?,54+,55?,56?,57+,58+,59-,60-/m1/s1. The first kappa shape index (κ1) is 99.2. The smallest absolute Gasteiger partial charge is 0.335 e. The molecule has 1 saturated heterocycles. The maximum atomic E-state index is 15.0. The van der Waals surface area contributed by atoms with Crippen LogP contribution in [-0.4, -0.2) is 272 Å². The van der Waals surface area contributed by atoms with E-state index in [2.05, 4.69) is 72.0 Å². The number of hydrogen-bond donors (Lipinski definition) is 21. The summed E-state index contributed by atoms with van der Waals surface area (Å²) < 4.78 is 10.7. The van der Waals surface area contributed by atoms with Crippen LogP contribution < -0.4 is 81.0 Å². The van der Waals surface area contributed by atoms with Crippen LogP contribution >= 0.6 is 0 Å². The number of carboxylic acid groups (broad SMARTS) is 4. The van der Waals surface area contributed by atoms with Gasteiger partial charge in [0.2, 0.25) is 88.6 Å². The normalized spacial score (nSPS) is 22.1. The molecule has 0 saturated carbocycles. The number of esters is 1. The molecule has 650 valence electrons. The van der Waals surface area contributed by atoms with Crippen LogP contribution in [0.3, 0.4) is 0 Å². The molecule has 0 spiro atoms. The highest BCUT2D eigenvalue weighted by atomic mass is 16.5. The minimum atomic E-state index is -2.80. The average Bonchev–Trinajstić information content (AvgIpc) is 1.55. The highest BCUT2D eigenvalue weighted by Gasteiger charge is 2.44. The lowest BCUT2D eigenvalue weighted by atomic mass is 9.95. The number of aliphatic carboxylic acids is 4. The number of methoxy groups -OCH3 is 1. The van der Waals surface area contributed by atoms with Crippen LogP contribution in [-0.2, 0) is 112 Å². The Morgan fingerprint density at radius 3 is 1.84 bits per heavy atom. The van der Waals surface area contributed by atoms with Gasteiger partial charge in [0.1, 0.15) is 72.6 Å². The Morgan fingerprint density at radius 2 is 1.24 bits per heavy atom. The number of benzene rings is 1. The summed E-state index contributed by atoms with van der Waals surface area (Å²) in [5.41, 5.74) is 17.8. The molecule has 1 aliphatic heterocycles. The molecule has 44 heteroatoms. The third-order valence-corrected chi connectivity index (χ3v) is 18.9. The van der Waals surface area contributed by atoms with Gasteiger partial charge >= 0.3 is 29.8 Å². The second-order valence-electron chi connectivity index (χ2n) is 28.9. The molecule has 15 amide bonds. The lowest BCUT2D eigenvalue weighted by Gasteiger charge is -2.32. The number of hydrogen-bond acceptors (Lipinski definition) is 24. The lowest BCUT2D eigenvalue weighted by molar-refractivity contribution is -0.159. The van der Waals surface area contributed by atoms with E-state index >= 15 is 0 Å². The van der Waals surface area contributed by atoms with Crippen LogP contribution in [0.5, 0.6) is 0 Å². The summed E-state index contributed by atoms with van der Waals surface area (Å²) in [6.45, 7) is 7.54. The number of aliphatic hydroxyl groups excluding tert-OH is 1. The number of amides is 15. The fraction of sp³-hybridized carbons (Fsp3) is 0.616. The van der Waals surface area contributed by atoms with E-state index in [0.717, 1.165) is 60.6 Å². The molecule has 44 nitrogen and oxygen atoms in total. The number of carboxylic acids is 4. The van der Waals surface area contributed by atoms with E-state index in [1.165, 1.54) is 13.8 Å². The van der Waals surface area contributed by atoms with Crippen molar-refractivity contribution in [1.82, 2.24) is 73.7 Å². The van der Waals surface area contributed by atoms with Gasteiger partial charge in [0.05, 0.1) is 32.4 Å². The number of unbranched alkanes of at least 4 members (excludes halogenated alkanes) is 4. The molecular formula is C73H111N17O27. The fourth-order valence-corrected chi connectivity index (χ4v) is 12.1. The van der Waals surface area contributed by atoms with Crippen LogP contribution in [0.1, 0.15) is 150 Å². The second-order valence-corrected chi connectivity index (χ2v) is 28.9. The number of nitrogens with zero attached hydrogens (tertiary/aromatic N) is 1. The molecule has 117 heavy (non-hydrogen) atoms. The predicted molar refractivity (Wildman–Crippen MR) is 408 cm³/mol. The number of primary amides is 2. The number of cyclic esters (lactones) is 1. The van der Waals surface area contributed by atoms with E-state index in [-0.39, 0.29) is 38.6 Å². The third-order valence-electron chi connectivity index (χ3n) is 18.9. The molecule has 1 aromatic heterocycles. The Balaban J connectivity index is 2.28. The van der Waals surface area contributed by atoms with Crippen LogP contribution in [0, 0.1) is 17.8 Å². The molecule has 16 atom stereocenters. The quantitative estimate of drug-likeness (QED) is 0.0221. The van der Waals surface area contributed by atoms with Crippen molar-refractivity contribution in [1.29, 1.82) is 0 Å². The summed E-state index contributed by atoms with van der Waals surface area (Å²) in [7, 11) is 1.69. The molecule has 2 aromatic rings. The Kier molecular flexibility index (Phi) is 41.6. The summed E-state index contributed by atoms with van der Waals surface area (Å²) in [4.78, 5) is 278. The van der Waals surface area contributed by atoms with Gasteiger partial charge in [-0.2, -0.15) is 0 Å². The van der Waals surface area contributed by atoms with E-state index in [0.29, 0.717) is 40.1 Å². The number of aliphatic hydroxyl groups is 1. The third kappa shape index (κ3) is 33.4. The lowest BCUT2D eigenvalue weighted by Crippen LogP contribution is -2.64. The SMILES string of the molecule is CCC(C)CCCCCCC(=O)N[C@@H](Cc1c[nH]c2ccccc12)C(=O)N[C@H](CCC(=O)O)C(=O)N[C@H](C(=O)NC1C(=O)N(C)CC(=O)N[C@@H](C)C(=O)NC(CC(=O)O)C(=O)N[C@H](CCCCN)C(=O)N[C@@H]([C@@H](OC)C(=O)O)C(=O)NCC(=O)N[C@H](CC(N)=O)C(=O)NC([C@H](C)CC(=O)O)C(=O)N[C@@H](C(C)C)C(=O)OC1C)[C@@H](O)C(N)=O. The first-order chi connectivity index (χ1) is 54.9.